The molecule has 5 nitrogen and oxygen atoms in total. The minimum atomic E-state index is -0.670. The molecule has 0 N–H and O–H groups in total. The highest BCUT2D eigenvalue weighted by Crippen LogP contribution is 2.30. The quantitative estimate of drug-likeness (QED) is 0.743. The average molecular weight is 373 g/mol. The first kappa shape index (κ1) is 19.3. The van der Waals surface area contributed by atoms with E-state index in [-0.39, 0.29) is 36.6 Å². The molecule has 1 aliphatic carbocycles. The summed E-state index contributed by atoms with van der Waals surface area (Å²) in [5.74, 6) is -1.03. The highest BCUT2D eigenvalue weighted by molar-refractivity contribution is 5.92. The predicted molar refractivity (Wildman–Crippen MR) is 98.1 cm³/mol. The number of carbonyl (C=O) groups excluding carboxylic acids is 2. The van der Waals surface area contributed by atoms with Gasteiger partial charge in [-0.3, -0.25) is 9.59 Å². The lowest BCUT2D eigenvalue weighted by atomic mass is 9.88. The van der Waals surface area contributed by atoms with Crippen LogP contribution in [0.25, 0.3) is 0 Å². The number of ketones is 1. The third kappa shape index (κ3) is 5.04. The molecule has 3 rings (SSSR count). The zero-order valence-electron chi connectivity index (χ0n) is 15.8. The molecule has 6 heteroatoms. The van der Waals surface area contributed by atoms with E-state index in [0.717, 1.165) is 5.57 Å². The zero-order valence-corrected chi connectivity index (χ0v) is 15.8. The minimum absolute atomic E-state index is 0.0492. The van der Waals surface area contributed by atoms with E-state index in [1.165, 1.54) is 12.1 Å². The highest BCUT2D eigenvalue weighted by Gasteiger charge is 2.37. The molecule has 1 aliphatic heterocycles. The fraction of sp³-hybridized carbons (Fsp3) is 0.429. The second-order valence-corrected chi connectivity index (χ2v) is 7.82. The molecule has 2 aliphatic rings. The normalized spacial score (nSPS) is 21.9. The topological polar surface area (TPSA) is 55.8 Å². The molecular formula is C21H24FNO4. The van der Waals surface area contributed by atoms with Gasteiger partial charge in [0, 0.05) is 12.7 Å². The Morgan fingerprint density at radius 3 is 2.81 bits per heavy atom. The number of hydrogen-bond donors (Lipinski definition) is 0. The van der Waals surface area contributed by atoms with Gasteiger partial charge in [-0.2, -0.15) is 0 Å². The van der Waals surface area contributed by atoms with Crippen molar-refractivity contribution in [3.63, 3.8) is 0 Å². The lowest BCUT2D eigenvalue weighted by molar-refractivity contribution is -0.155. The van der Waals surface area contributed by atoms with Gasteiger partial charge in [-0.15, -0.1) is 0 Å². The van der Waals surface area contributed by atoms with Gasteiger partial charge in [0.25, 0.3) is 0 Å². The van der Waals surface area contributed by atoms with Crippen LogP contribution < -0.4 is 0 Å². The monoisotopic (exact) mass is 373 g/mol. The third-order valence-electron chi connectivity index (χ3n) is 4.31. The maximum absolute atomic E-state index is 13.2. The van der Waals surface area contributed by atoms with Gasteiger partial charge in [0.1, 0.15) is 24.1 Å². The molecule has 1 aromatic rings. The number of nitrogens with zero attached hydrogens (tertiary/aromatic N) is 1. The Morgan fingerprint density at radius 2 is 2.11 bits per heavy atom. The van der Waals surface area contributed by atoms with E-state index >= 15 is 0 Å². The number of allylic oxidation sites excluding steroid dienone is 1. The Labute approximate surface area is 158 Å². The van der Waals surface area contributed by atoms with E-state index in [9.17, 15) is 14.0 Å². The summed E-state index contributed by atoms with van der Waals surface area (Å²) in [6.07, 6.45) is 4.72. The standard InChI is InChI=1S/C21H24FNO4/c1-21(2,3)27-19(24)12-23-10-15-7-8-18(20(25)17(15)11-23)26-13-14-5-4-6-16(22)9-14/h4-10,17-18H,11-13H2,1-3H3. The van der Waals surface area contributed by atoms with Crippen LogP contribution in [0.2, 0.25) is 0 Å². The fourth-order valence-electron chi connectivity index (χ4n) is 3.20. The van der Waals surface area contributed by atoms with Gasteiger partial charge in [-0.1, -0.05) is 18.2 Å². The summed E-state index contributed by atoms with van der Waals surface area (Å²) in [5.41, 5.74) is 1.01. The number of benzene rings is 1. The third-order valence-corrected chi connectivity index (χ3v) is 4.31. The van der Waals surface area contributed by atoms with Crippen molar-refractivity contribution in [3.8, 4) is 0 Å². The van der Waals surface area contributed by atoms with Crippen molar-refractivity contribution >= 4 is 11.8 Å². The second-order valence-electron chi connectivity index (χ2n) is 7.82. The van der Waals surface area contributed by atoms with Gasteiger partial charge < -0.3 is 14.4 Å². The first-order valence-electron chi connectivity index (χ1n) is 8.97. The van der Waals surface area contributed by atoms with E-state index in [0.29, 0.717) is 12.1 Å². The van der Waals surface area contributed by atoms with Crippen molar-refractivity contribution in [1.29, 1.82) is 0 Å². The summed E-state index contributed by atoms with van der Waals surface area (Å²) in [5, 5.41) is 0. The summed E-state index contributed by atoms with van der Waals surface area (Å²) in [4.78, 5) is 26.5. The molecule has 2 atom stereocenters. The smallest absolute Gasteiger partial charge is 0.326 e. The zero-order chi connectivity index (χ0) is 19.6. The van der Waals surface area contributed by atoms with Crippen molar-refractivity contribution in [2.45, 2.75) is 39.1 Å². The van der Waals surface area contributed by atoms with Crippen molar-refractivity contribution in [2.75, 3.05) is 13.1 Å². The molecule has 0 fully saturated rings. The molecule has 0 bridgehead atoms. The number of carbonyl (C=O) groups is 2. The Hall–Kier alpha value is -2.47. The largest absolute Gasteiger partial charge is 0.459 e. The van der Waals surface area contributed by atoms with Crippen LogP contribution in [0.5, 0.6) is 0 Å². The summed E-state index contributed by atoms with van der Waals surface area (Å²) in [6.45, 7) is 6.15. The molecule has 0 radical (unpaired) electrons. The maximum Gasteiger partial charge on any atom is 0.326 e. The van der Waals surface area contributed by atoms with Crippen LogP contribution in [-0.2, 0) is 25.7 Å². The lowest BCUT2D eigenvalue weighted by Gasteiger charge is -2.24. The first-order chi connectivity index (χ1) is 12.7. The van der Waals surface area contributed by atoms with Crippen LogP contribution in [0.4, 0.5) is 4.39 Å². The van der Waals surface area contributed by atoms with Crippen LogP contribution in [0.3, 0.4) is 0 Å². The van der Waals surface area contributed by atoms with Crippen LogP contribution in [0.1, 0.15) is 26.3 Å². The molecule has 144 valence electrons. The van der Waals surface area contributed by atoms with Gasteiger partial charge >= 0.3 is 5.97 Å². The molecule has 1 heterocycles. The molecular weight excluding hydrogens is 349 g/mol. The van der Waals surface area contributed by atoms with Crippen LogP contribution in [0.15, 0.2) is 48.2 Å². The Bertz CT molecular complexity index is 794. The number of ether oxygens (including phenoxy) is 2. The van der Waals surface area contributed by atoms with Crippen LogP contribution in [-0.4, -0.2) is 41.4 Å². The van der Waals surface area contributed by atoms with E-state index in [2.05, 4.69) is 0 Å². The van der Waals surface area contributed by atoms with E-state index < -0.39 is 11.7 Å². The molecule has 0 aromatic heterocycles. The van der Waals surface area contributed by atoms with Gasteiger partial charge in [-0.05, 0) is 50.1 Å². The SMILES string of the molecule is CC(C)(C)OC(=O)CN1C=C2C=CC(OCc3cccc(F)c3)C(=O)C2C1. The van der Waals surface area contributed by atoms with E-state index in [4.69, 9.17) is 9.47 Å². The molecule has 0 saturated heterocycles. The van der Waals surface area contributed by atoms with Crippen molar-refractivity contribution < 1.29 is 23.5 Å². The maximum atomic E-state index is 13.2. The summed E-state index contributed by atoms with van der Waals surface area (Å²) < 4.78 is 24.3. The van der Waals surface area contributed by atoms with Crippen molar-refractivity contribution in [2.24, 2.45) is 5.92 Å². The predicted octanol–water partition coefficient (Wildman–Crippen LogP) is 3.01. The molecule has 1 aromatic carbocycles. The minimum Gasteiger partial charge on any atom is -0.459 e. The summed E-state index contributed by atoms with van der Waals surface area (Å²) in [6, 6.07) is 6.12. The van der Waals surface area contributed by atoms with Crippen molar-refractivity contribution in [1.82, 2.24) is 4.90 Å². The number of hydrogen-bond acceptors (Lipinski definition) is 5. The number of esters is 1. The molecule has 2 unspecified atom stereocenters. The molecule has 0 amide bonds. The fourth-order valence-corrected chi connectivity index (χ4v) is 3.20. The van der Waals surface area contributed by atoms with E-state index in [1.54, 1.807) is 23.1 Å². The average Bonchev–Trinajstić information content (AvgIpc) is 2.96. The van der Waals surface area contributed by atoms with Gasteiger partial charge in [0.2, 0.25) is 0 Å². The number of halogens is 1. The Balaban J connectivity index is 1.56. The van der Waals surface area contributed by atoms with Gasteiger partial charge in [0.15, 0.2) is 5.78 Å². The summed E-state index contributed by atoms with van der Waals surface area (Å²) in [7, 11) is 0. The highest BCUT2D eigenvalue weighted by atomic mass is 19.1. The lowest BCUT2D eigenvalue weighted by Crippen LogP contribution is -2.37. The van der Waals surface area contributed by atoms with Crippen molar-refractivity contribution in [3.05, 3.63) is 59.6 Å². The number of rotatable bonds is 5. The second kappa shape index (κ2) is 7.64. The van der Waals surface area contributed by atoms with Gasteiger partial charge in [0.05, 0.1) is 12.5 Å². The molecule has 27 heavy (non-hydrogen) atoms. The Morgan fingerprint density at radius 1 is 1.33 bits per heavy atom. The van der Waals surface area contributed by atoms with Gasteiger partial charge in [-0.25, -0.2) is 4.39 Å². The molecule has 0 saturated carbocycles. The number of Topliss-reactive ketones (excluding diaryl/α,β-unsaturated/α-hetero) is 1. The van der Waals surface area contributed by atoms with E-state index in [1.807, 2.05) is 33.0 Å². The number of fused-ring (bicyclic) bond motifs is 1. The van der Waals surface area contributed by atoms with Crippen LogP contribution in [0, 0.1) is 11.7 Å². The summed E-state index contributed by atoms with van der Waals surface area (Å²) >= 11 is 0. The Kier molecular flexibility index (Phi) is 5.46. The first-order valence-corrected chi connectivity index (χ1v) is 8.97. The molecule has 0 spiro atoms. The van der Waals surface area contributed by atoms with Crippen LogP contribution >= 0.6 is 0 Å².